The van der Waals surface area contributed by atoms with Gasteiger partial charge in [-0.15, -0.1) is 0 Å². The number of likely N-dealkylation sites (N-methyl/N-ethyl adjacent to an activating group) is 1. The summed E-state index contributed by atoms with van der Waals surface area (Å²) in [5, 5.41) is 19.6. The zero-order chi connectivity index (χ0) is 14.3. The van der Waals surface area contributed by atoms with Crippen LogP contribution in [0.2, 0.25) is 0 Å². The molecule has 0 aliphatic heterocycles. The molecule has 0 saturated heterocycles. The minimum absolute atomic E-state index is 0.0427. The third kappa shape index (κ3) is 4.23. The number of rotatable bonds is 7. The molecule has 102 valence electrons. The maximum Gasteiger partial charge on any atom is 0.290 e. The second-order valence-electron chi connectivity index (χ2n) is 3.92. The lowest BCUT2D eigenvalue weighted by atomic mass is 10.2. The van der Waals surface area contributed by atoms with E-state index >= 15 is 0 Å². The summed E-state index contributed by atoms with van der Waals surface area (Å²) in [4.78, 5) is 12.4. The van der Waals surface area contributed by atoms with Gasteiger partial charge in [-0.2, -0.15) is 5.26 Å². The Bertz CT molecular complexity index is 479. The zero-order valence-corrected chi connectivity index (χ0v) is 11.1. The lowest BCUT2D eigenvalue weighted by Crippen LogP contribution is -2.27. The standard InChI is InChI=1S/C13H17N3O3/c1-3-15(4-2)7-8-19-12-6-5-11(10-14)13(9-12)16(17)18/h5-6,9H,3-4,7-8H2,1-2H3. The molecule has 6 nitrogen and oxygen atoms in total. The largest absolute Gasteiger partial charge is 0.492 e. The van der Waals surface area contributed by atoms with Crippen molar-refractivity contribution in [3.63, 3.8) is 0 Å². The van der Waals surface area contributed by atoms with Gasteiger partial charge >= 0.3 is 0 Å². The molecule has 1 aromatic rings. The monoisotopic (exact) mass is 263 g/mol. The summed E-state index contributed by atoms with van der Waals surface area (Å²) in [5.74, 6) is 0.415. The first-order valence-corrected chi connectivity index (χ1v) is 6.16. The van der Waals surface area contributed by atoms with E-state index in [1.54, 1.807) is 12.1 Å². The van der Waals surface area contributed by atoms with Crippen molar-refractivity contribution in [2.75, 3.05) is 26.2 Å². The van der Waals surface area contributed by atoms with Crippen LogP contribution in [0.5, 0.6) is 5.75 Å². The third-order valence-corrected chi connectivity index (χ3v) is 2.86. The van der Waals surface area contributed by atoms with E-state index in [9.17, 15) is 10.1 Å². The number of ether oxygens (including phenoxy) is 1. The highest BCUT2D eigenvalue weighted by Gasteiger charge is 2.14. The fourth-order valence-corrected chi connectivity index (χ4v) is 1.68. The van der Waals surface area contributed by atoms with Crippen LogP contribution in [-0.2, 0) is 0 Å². The third-order valence-electron chi connectivity index (χ3n) is 2.86. The molecule has 0 atom stereocenters. The molecule has 0 unspecified atom stereocenters. The Kier molecular flexibility index (Phi) is 5.76. The lowest BCUT2D eigenvalue weighted by molar-refractivity contribution is -0.385. The number of nitro benzene ring substituents is 1. The molecule has 1 aromatic carbocycles. The molecule has 0 spiro atoms. The molecule has 0 bridgehead atoms. The molecule has 0 saturated carbocycles. The molecule has 0 amide bonds. The Morgan fingerprint density at radius 3 is 2.63 bits per heavy atom. The van der Waals surface area contributed by atoms with Crippen LogP contribution < -0.4 is 4.74 Å². The van der Waals surface area contributed by atoms with E-state index in [2.05, 4.69) is 18.7 Å². The van der Waals surface area contributed by atoms with Crippen LogP contribution in [0.1, 0.15) is 19.4 Å². The molecule has 0 heterocycles. The highest BCUT2D eigenvalue weighted by molar-refractivity contribution is 5.52. The van der Waals surface area contributed by atoms with Crippen LogP contribution in [0.3, 0.4) is 0 Å². The Labute approximate surface area is 112 Å². The quantitative estimate of drug-likeness (QED) is 0.556. The van der Waals surface area contributed by atoms with E-state index in [1.165, 1.54) is 12.1 Å². The number of nitriles is 1. The second-order valence-corrected chi connectivity index (χ2v) is 3.92. The minimum Gasteiger partial charge on any atom is -0.492 e. The van der Waals surface area contributed by atoms with Crippen LogP contribution >= 0.6 is 0 Å². The molecule has 0 aromatic heterocycles. The summed E-state index contributed by atoms with van der Waals surface area (Å²) in [6, 6.07) is 6.07. The molecule has 0 radical (unpaired) electrons. The number of nitrogens with zero attached hydrogens (tertiary/aromatic N) is 3. The maximum absolute atomic E-state index is 10.8. The average molecular weight is 263 g/mol. The van der Waals surface area contributed by atoms with Crippen LogP contribution in [0.4, 0.5) is 5.69 Å². The fraction of sp³-hybridized carbons (Fsp3) is 0.462. The van der Waals surface area contributed by atoms with Gasteiger partial charge in [-0.3, -0.25) is 10.1 Å². The van der Waals surface area contributed by atoms with Crippen molar-refractivity contribution >= 4 is 5.69 Å². The minimum atomic E-state index is -0.574. The normalized spacial score (nSPS) is 10.2. The molecule has 19 heavy (non-hydrogen) atoms. The van der Waals surface area contributed by atoms with Crippen molar-refractivity contribution < 1.29 is 9.66 Å². The molecule has 0 aliphatic rings. The fourth-order valence-electron chi connectivity index (χ4n) is 1.68. The van der Waals surface area contributed by atoms with Gasteiger partial charge in [0.05, 0.1) is 11.0 Å². The smallest absolute Gasteiger partial charge is 0.290 e. The number of benzene rings is 1. The van der Waals surface area contributed by atoms with Crippen molar-refractivity contribution in [1.82, 2.24) is 4.90 Å². The average Bonchev–Trinajstić information content (AvgIpc) is 2.43. The van der Waals surface area contributed by atoms with Gasteiger partial charge in [-0.05, 0) is 25.2 Å². The van der Waals surface area contributed by atoms with Gasteiger partial charge in [0, 0.05) is 6.54 Å². The van der Waals surface area contributed by atoms with E-state index < -0.39 is 4.92 Å². The Balaban J connectivity index is 2.68. The van der Waals surface area contributed by atoms with E-state index in [-0.39, 0.29) is 11.3 Å². The van der Waals surface area contributed by atoms with Gasteiger partial charge in [0.25, 0.3) is 5.69 Å². The number of hydrogen-bond acceptors (Lipinski definition) is 5. The first-order valence-electron chi connectivity index (χ1n) is 6.16. The van der Waals surface area contributed by atoms with Gasteiger partial charge in [-0.25, -0.2) is 0 Å². The van der Waals surface area contributed by atoms with E-state index in [1.807, 2.05) is 0 Å². The summed E-state index contributed by atoms with van der Waals surface area (Å²) < 4.78 is 5.47. The van der Waals surface area contributed by atoms with Crippen molar-refractivity contribution in [3.8, 4) is 11.8 Å². The molecule has 6 heteroatoms. The maximum atomic E-state index is 10.8. The molecule has 0 aliphatic carbocycles. The van der Waals surface area contributed by atoms with Crippen molar-refractivity contribution in [3.05, 3.63) is 33.9 Å². The number of hydrogen-bond donors (Lipinski definition) is 0. The highest BCUT2D eigenvalue weighted by Crippen LogP contribution is 2.23. The summed E-state index contributed by atoms with van der Waals surface area (Å²) in [5.41, 5.74) is -0.177. The van der Waals surface area contributed by atoms with Gasteiger partial charge in [0.2, 0.25) is 0 Å². The Morgan fingerprint density at radius 2 is 2.11 bits per heavy atom. The van der Waals surface area contributed by atoms with Gasteiger partial charge < -0.3 is 9.64 Å². The molecular weight excluding hydrogens is 246 g/mol. The Hall–Kier alpha value is -2.13. The Morgan fingerprint density at radius 1 is 1.42 bits per heavy atom. The molecular formula is C13H17N3O3. The predicted octanol–water partition coefficient (Wildman–Crippen LogP) is 2.19. The van der Waals surface area contributed by atoms with Crippen LogP contribution in [0.15, 0.2) is 18.2 Å². The first-order chi connectivity index (χ1) is 9.12. The van der Waals surface area contributed by atoms with Crippen LogP contribution in [-0.4, -0.2) is 36.1 Å². The predicted molar refractivity (Wildman–Crippen MR) is 71.1 cm³/mol. The topological polar surface area (TPSA) is 79.4 Å². The SMILES string of the molecule is CCN(CC)CCOc1ccc(C#N)c([N+](=O)[O-])c1. The first kappa shape index (κ1) is 14.9. The molecule has 0 fully saturated rings. The lowest BCUT2D eigenvalue weighted by Gasteiger charge is -2.17. The van der Waals surface area contributed by atoms with Crippen molar-refractivity contribution in [2.45, 2.75) is 13.8 Å². The summed E-state index contributed by atoms with van der Waals surface area (Å²) in [7, 11) is 0. The van der Waals surface area contributed by atoms with Crippen molar-refractivity contribution in [2.24, 2.45) is 0 Å². The summed E-state index contributed by atoms with van der Waals surface area (Å²) >= 11 is 0. The van der Waals surface area contributed by atoms with Crippen molar-refractivity contribution in [1.29, 1.82) is 5.26 Å². The highest BCUT2D eigenvalue weighted by atomic mass is 16.6. The second kappa shape index (κ2) is 7.34. The van der Waals surface area contributed by atoms with Gasteiger partial charge in [0.1, 0.15) is 24.0 Å². The van der Waals surface area contributed by atoms with E-state index in [0.29, 0.717) is 12.4 Å². The molecule has 0 N–H and O–H groups in total. The van der Waals surface area contributed by atoms with Crippen LogP contribution in [0, 0.1) is 21.4 Å². The number of nitro groups is 1. The van der Waals surface area contributed by atoms with E-state index in [4.69, 9.17) is 10.00 Å². The zero-order valence-electron chi connectivity index (χ0n) is 11.1. The van der Waals surface area contributed by atoms with Crippen LogP contribution in [0.25, 0.3) is 0 Å². The molecule has 1 rings (SSSR count). The van der Waals surface area contributed by atoms with Gasteiger partial charge in [0.15, 0.2) is 0 Å². The van der Waals surface area contributed by atoms with E-state index in [0.717, 1.165) is 19.6 Å². The summed E-state index contributed by atoms with van der Waals surface area (Å²) in [6.07, 6.45) is 0. The summed E-state index contributed by atoms with van der Waals surface area (Å²) in [6.45, 7) is 7.23. The van der Waals surface area contributed by atoms with Gasteiger partial charge in [-0.1, -0.05) is 13.8 Å².